The standard InChI is InChI=1S/C12H21NO3/c1-8-3-4-11(16-8)12(15)13-6-5-10(7-13)9(2)14/h8-11,14H,3-7H2,1-2H3. The highest BCUT2D eigenvalue weighted by Crippen LogP contribution is 2.25. The number of likely N-dealkylation sites (tertiary alicyclic amines) is 1. The third-order valence-electron chi connectivity index (χ3n) is 3.73. The summed E-state index contributed by atoms with van der Waals surface area (Å²) in [6, 6.07) is 0. The Labute approximate surface area is 96.6 Å². The summed E-state index contributed by atoms with van der Waals surface area (Å²) in [5.74, 6) is 0.357. The van der Waals surface area contributed by atoms with E-state index in [2.05, 4.69) is 0 Å². The van der Waals surface area contributed by atoms with Crippen LogP contribution in [-0.2, 0) is 9.53 Å². The second-order valence-electron chi connectivity index (χ2n) is 5.09. The third kappa shape index (κ3) is 2.38. The van der Waals surface area contributed by atoms with Gasteiger partial charge in [-0.2, -0.15) is 0 Å². The van der Waals surface area contributed by atoms with E-state index in [-0.39, 0.29) is 30.1 Å². The maximum absolute atomic E-state index is 12.1. The van der Waals surface area contributed by atoms with E-state index in [0.29, 0.717) is 6.54 Å². The molecule has 92 valence electrons. The average molecular weight is 227 g/mol. The van der Waals surface area contributed by atoms with Gasteiger partial charge in [0, 0.05) is 19.0 Å². The van der Waals surface area contributed by atoms with Crippen molar-refractivity contribution in [3.05, 3.63) is 0 Å². The zero-order valence-electron chi connectivity index (χ0n) is 10.1. The Morgan fingerprint density at radius 1 is 1.44 bits per heavy atom. The molecule has 0 aromatic rings. The van der Waals surface area contributed by atoms with E-state index in [4.69, 9.17) is 4.74 Å². The molecule has 2 aliphatic rings. The Morgan fingerprint density at radius 3 is 2.69 bits per heavy atom. The van der Waals surface area contributed by atoms with Gasteiger partial charge in [-0.25, -0.2) is 0 Å². The first-order valence-corrected chi connectivity index (χ1v) is 6.20. The quantitative estimate of drug-likeness (QED) is 0.758. The van der Waals surface area contributed by atoms with Crippen molar-refractivity contribution >= 4 is 5.91 Å². The molecule has 0 saturated carbocycles. The Balaban J connectivity index is 1.87. The lowest BCUT2D eigenvalue weighted by Crippen LogP contribution is -2.38. The monoisotopic (exact) mass is 227 g/mol. The van der Waals surface area contributed by atoms with Crippen molar-refractivity contribution in [2.45, 2.75) is 51.4 Å². The van der Waals surface area contributed by atoms with E-state index < -0.39 is 0 Å². The zero-order chi connectivity index (χ0) is 11.7. The maximum atomic E-state index is 12.1. The van der Waals surface area contributed by atoms with Crippen LogP contribution in [0.1, 0.15) is 33.1 Å². The van der Waals surface area contributed by atoms with Crippen LogP contribution in [0.2, 0.25) is 0 Å². The lowest BCUT2D eigenvalue weighted by Gasteiger charge is -2.21. The molecule has 0 bridgehead atoms. The minimum Gasteiger partial charge on any atom is -0.393 e. The van der Waals surface area contributed by atoms with Crippen LogP contribution in [-0.4, -0.2) is 47.3 Å². The summed E-state index contributed by atoms with van der Waals surface area (Å²) >= 11 is 0. The third-order valence-corrected chi connectivity index (χ3v) is 3.73. The molecule has 0 aromatic heterocycles. The molecule has 2 rings (SSSR count). The normalized spacial score (nSPS) is 36.7. The van der Waals surface area contributed by atoms with Gasteiger partial charge < -0.3 is 14.7 Å². The molecule has 4 heteroatoms. The van der Waals surface area contributed by atoms with Gasteiger partial charge in [0.15, 0.2) is 0 Å². The summed E-state index contributed by atoms with van der Waals surface area (Å²) in [6.07, 6.45) is 2.39. The molecule has 0 aromatic carbocycles. The minimum absolute atomic E-state index is 0.118. The first-order valence-electron chi connectivity index (χ1n) is 6.20. The van der Waals surface area contributed by atoms with Crippen LogP contribution in [0.5, 0.6) is 0 Å². The Bertz CT molecular complexity index is 267. The van der Waals surface area contributed by atoms with Crippen LogP contribution in [0, 0.1) is 5.92 Å². The minimum atomic E-state index is -0.318. The lowest BCUT2D eigenvalue weighted by molar-refractivity contribution is -0.141. The molecule has 4 unspecified atom stereocenters. The first kappa shape index (κ1) is 11.9. The summed E-state index contributed by atoms with van der Waals surface area (Å²) in [6.45, 7) is 5.26. The molecule has 2 heterocycles. The highest BCUT2D eigenvalue weighted by molar-refractivity contribution is 5.81. The fourth-order valence-corrected chi connectivity index (χ4v) is 2.57. The molecule has 0 spiro atoms. The number of rotatable bonds is 2. The smallest absolute Gasteiger partial charge is 0.251 e. The van der Waals surface area contributed by atoms with Crippen molar-refractivity contribution in [1.82, 2.24) is 4.90 Å². The van der Waals surface area contributed by atoms with Gasteiger partial charge in [0.25, 0.3) is 5.91 Å². The molecule has 4 nitrogen and oxygen atoms in total. The molecule has 1 N–H and O–H groups in total. The van der Waals surface area contributed by atoms with Gasteiger partial charge in [-0.3, -0.25) is 4.79 Å². The summed E-state index contributed by atoms with van der Waals surface area (Å²) in [5, 5.41) is 9.49. The van der Waals surface area contributed by atoms with Gasteiger partial charge in [-0.05, 0) is 33.1 Å². The predicted molar refractivity (Wildman–Crippen MR) is 59.9 cm³/mol. The number of hydrogen-bond acceptors (Lipinski definition) is 3. The predicted octanol–water partition coefficient (Wildman–Crippen LogP) is 0.783. The lowest BCUT2D eigenvalue weighted by atomic mass is 10.0. The molecule has 16 heavy (non-hydrogen) atoms. The van der Waals surface area contributed by atoms with Crippen LogP contribution in [0.15, 0.2) is 0 Å². The number of aliphatic hydroxyl groups is 1. The molecule has 0 radical (unpaired) electrons. The molecular weight excluding hydrogens is 206 g/mol. The number of nitrogens with zero attached hydrogens (tertiary/aromatic N) is 1. The number of hydrogen-bond donors (Lipinski definition) is 1. The SMILES string of the molecule is CC1CCC(C(=O)N2CCC(C(C)O)C2)O1. The molecule has 2 saturated heterocycles. The van der Waals surface area contributed by atoms with E-state index in [1.165, 1.54) is 0 Å². The Kier molecular flexibility index (Phi) is 3.50. The second kappa shape index (κ2) is 4.72. The van der Waals surface area contributed by atoms with Crippen molar-refractivity contribution in [3.63, 3.8) is 0 Å². The van der Waals surface area contributed by atoms with Gasteiger partial charge in [0.2, 0.25) is 0 Å². The van der Waals surface area contributed by atoms with Crippen molar-refractivity contribution < 1.29 is 14.6 Å². The van der Waals surface area contributed by atoms with Gasteiger partial charge in [0.05, 0.1) is 12.2 Å². The highest BCUT2D eigenvalue weighted by atomic mass is 16.5. The fourth-order valence-electron chi connectivity index (χ4n) is 2.57. The number of ether oxygens (including phenoxy) is 1. The second-order valence-corrected chi connectivity index (χ2v) is 5.09. The highest BCUT2D eigenvalue weighted by Gasteiger charge is 2.35. The van der Waals surface area contributed by atoms with Crippen molar-refractivity contribution in [2.75, 3.05) is 13.1 Å². The van der Waals surface area contributed by atoms with E-state index >= 15 is 0 Å². The molecule has 2 fully saturated rings. The van der Waals surface area contributed by atoms with E-state index in [1.807, 2.05) is 11.8 Å². The summed E-state index contributed by atoms with van der Waals surface area (Å²) in [5.41, 5.74) is 0. The Hall–Kier alpha value is -0.610. The molecule has 1 amide bonds. The molecule has 0 aliphatic carbocycles. The number of carbonyl (C=O) groups excluding carboxylic acids is 1. The molecule has 4 atom stereocenters. The molecular formula is C12H21NO3. The van der Waals surface area contributed by atoms with Crippen molar-refractivity contribution in [2.24, 2.45) is 5.92 Å². The van der Waals surface area contributed by atoms with E-state index in [0.717, 1.165) is 25.8 Å². The summed E-state index contributed by atoms with van der Waals surface area (Å²) in [4.78, 5) is 13.9. The number of carbonyl (C=O) groups is 1. The van der Waals surface area contributed by atoms with Gasteiger partial charge in [-0.15, -0.1) is 0 Å². The zero-order valence-corrected chi connectivity index (χ0v) is 10.1. The topological polar surface area (TPSA) is 49.8 Å². The molecule has 2 aliphatic heterocycles. The number of aliphatic hydroxyl groups excluding tert-OH is 1. The first-order chi connectivity index (χ1) is 7.58. The average Bonchev–Trinajstić information content (AvgIpc) is 2.84. The van der Waals surface area contributed by atoms with Crippen molar-refractivity contribution in [1.29, 1.82) is 0 Å². The fraction of sp³-hybridized carbons (Fsp3) is 0.917. The van der Waals surface area contributed by atoms with Crippen LogP contribution >= 0.6 is 0 Å². The number of amides is 1. The van der Waals surface area contributed by atoms with E-state index in [1.54, 1.807) is 6.92 Å². The van der Waals surface area contributed by atoms with Crippen molar-refractivity contribution in [3.8, 4) is 0 Å². The summed E-state index contributed by atoms with van der Waals surface area (Å²) in [7, 11) is 0. The Morgan fingerprint density at radius 2 is 2.19 bits per heavy atom. The van der Waals surface area contributed by atoms with Gasteiger partial charge in [-0.1, -0.05) is 0 Å². The largest absolute Gasteiger partial charge is 0.393 e. The van der Waals surface area contributed by atoms with Crippen LogP contribution in [0.25, 0.3) is 0 Å². The summed E-state index contributed by atoms with van der Waals surface area (Å²) < 4.78 is 5.58. The van der Waals surface area contributed by atoms with Crippen LogP contribution in [0.3, 0.4) is 0 Å². The van der Waals surface area contributed by atoms with Gasteiger partial charge >= 0.3 is 0 Å². The van der Waals surface area contributed by atoms with E-state index in [9.17, 15) is 9.90 Å². The van der Waals surface area contributed by atoms with Gasteiger partial charge in [0.1, 0.15) is 6.10 Å². The van der Waals surface area contributed by atoms with Crippen LogP contribution < -0.4 is 0 Å². The maximum Gasteiger partial charge on any atom is 0.251 e. The van der Waals surface area contributed by atoms with Crippen LogP contribution in [0.4, 0.5) is 0 Å².